The molecule has 18 heavy (non-hydrogen) atoms. The highest BCUT2D eigenvalue weighted by Crippen LogP contribution is 2.20. The molecule has 0 saturated carbocycles. The lowest BCUT2D eigenvalue weighted by molar-refractivity contribution is -0.116. The summed E-state index contributed by atoms with van der Waals surface area (Å²) in [5, 5.41) is 2.79. The van der Waals surface area contributed by atoms with Crippen LogP contribution in [0.15, 0.2) is 18.2 Å². The molecule has 98 valence electrons. The van der Waals surface area contributed by atoms with Gasteiger partial charge in [0, 0.05) is 16.6 Å². The Morgan fingerprint density at radius 1 is 1.56 bits per heavy atom. The average Bonchev–Trinajstić information content (AvgIpc) is 2.83. The summed E-state index contributed by atoms with van der Waals surface area (Å²) in [7, 11) is 0. The van der Waals surface area contributed by atoms with Crippen molar-refractivity contribution in [2.24, 2.45) is 0 Å². The van der Waals surface area contributed by atoms with E-state index in [2.05, 4.69) is 5.32 Å². The second-order valence-corrected chi connectivity index (χ2v) is 5.51. The molecular weight excluding hydrogens is 348 g/mol. The first-order valence-electron chi connectivity index (χ1n) is 6.01. The number of benzene rings is 1. The van der Waals surface area contributed by atoms with Crippen LogP contribution >= 0.6 is 22.6 Å². The summed E-state index contributed by atoms with van der Waals surface area (Å²) in [6, 6.07) is 4.33. The lowest BCUT2D eigenvalue weighted by atomic mass is 10.1. The van der Waals surface area contributed by atoms with E-state index in [1.807, 2.05) is 22.6 Å². The van der Waals surface area contributed by atoms with E-state index < -0.39 is 0 Å². The topological polar surface area (TPSA) is 38.3 Å². The van der Waals surface area contributed by atoms with Gasteiger partial charge in [-0.15, -0.1) is 0 Å². The predicted molar refractivity (Wildman–Crippen MR) is 76.0 cm³/mol. The summed E-state index contributed by atoms with van der Waals surface area (Å²) in [4.78, 5) is 11.7. The van der Waals surface area contributed by atoms with Crippen molar-refractivity contribution in [1.29, 1.82) is 0 Å². The molecule has 1 fully saturated rings. The van der Waals surface area contributed by atoms with E-state index in [1.54, 1.807) is 6.07 Å². The van der Waals surface area contributed by atoms with Crippen molar-refractivity contribution in [3.63, 3.8) is 0 Å². The maximum Gasteiger partial charge on any atom is 0.224 e. The molecule has 1 aliphatic rings. The number of amides is 1. The fourth-order valence-electron chi connectivity index (χ4n) is 1.97. The third-order valence-corrected chi connectivity index (χ3v) is 3.82. The van der Waals surface area contributed by atoms with Crippen LogP contribution in [-0.4, -0.2) is 18.6 Å². The highest BCUT2D eigenvalue weighted by Gasteiger charge is 2.17. The molecule has 0 bridgehead atoms. The van der Waals surface area contributed by atoms with Gasteiger partial charge in [0.2, 0.25) is 5.91 Å². The van der Waals surface area contributed by atoms with Crippen LogP contribution in [0, 0.1) is 9.39 Å². The zero-order chi connectivity index (χ0) is 13.0. The highest BCUT2D eigenvalue weighted by molar-refractivity contribution is 14.1. The number of nitrogens with one attached hydrogen (secondary N) is 1. The number of rotatable bonds is 4. The summed E-state index contributed by atoms with van der Waals surface area (Å²) in [6.07, 6.45) is 3.55. The Kier molecular flexibility index (Phi) is 4.94. The summed E-state index contributed by atoms with van der Waals surface area (Å²) in [5.41, 5.74) is 0.661. The molecule has 2 rings (SSSR count). The summed E-state index contributed by atoms with van der Waals surface area (Å²) < 4.78 is 19.1. The number of ether oxygens (including phenoxy) is 1. The molecule has 1 aliphatic heterocycles. The molecular formula is C13H15FINO2. The minimum atomic E-state index is -0.295. The monoisotopic (exact) mass is 363 g/mol. The number of carbonyl (C=O) groups excluding carboxylic acids is 1. The van der Waals surface area contributed by atoms with Crippen LogP contribution in [-0.2, 0) is 9.53 Å². The van der Waals surface area contributed by atoms with Crippen molar-refractivity contribution in [3.05, 3.63) is 27.6 Å². The first-order chi connectivity index (χ1) is 8.65. The van der Waals surface area contributed by atoms with E-state index in [0.29, 0.717) is 15.7 Å². The molecule has 3 nitrogen and oxygen atoms in total. The molecule has 1 aromatic rings. The zero-order valence-electron chi connectivity index (χ0n) is 9.92. The van der Waals surface area contributed by atoms with Gasteiger partial charge in [-0.3, -0.25) is 4.79 Å². The standard InChI is InChI=1S/C13H15FINO2/c14-9-3-5-12(11(15)8-9)16-13(17)6-4-10-2-1-7-18-10/h3,5,8,10H,1-2,4,6-7H2,(H,16,17). The summed E-state index contributed by atoms with van der Waals surface area (Å²) in [6.45, 7) is 0.808. The second-order valence-electron chi connectivity index (χ2n) is 4.35. The summed E-state index contributed by atoms with van der Waals surface area (Å²) >= 11 is 2.01. The van der Waals surface area contributed by atoms with Crippen molar-refractivity contribution in [2.75, 3.05) is 11.9 Å². The SMILES string of the molecule is O=C(CCC1CCCO1)Nc1ccc(F)cc1I. The number of halogens is 2. The van der Waals surface area contributed by atoms with Crippen LogP contribution in [0.25, 0.3) is 0 Å². The average molecular weight is 363 g/mol. The fourth-order valence-corrected chi connectivity index (χ4v) is 2.58. The van der Waals surface area contributed by atoms with Crippen molar-refractivity contribution in [1.82, 2.24) is 0 Å². The van der Waals surface area contributed by atoms with Gasteiger partial charge in [0.05, 0.1) is 11.8 Å². The Labute approximate surface area is 119 Å². The molecule has 0 radical (unpaired) electrons. The molecule has 5 heteroatoms. The Morgan fingerprint density at radius 2 is 2.39 bits per heavy atom. The Bertz CT molecular complexity index is 433. The van der Waals surface area contributed by atoms with Crippen molar-refractivity contribution >= 4 is 34.2 Å². The van der Waals surface area contributed by atoms with Crippen LogP contribution in [0.1, 0.15) is 25.7 Å². The van der Waals surface area contributed by atoms with Gasteiger partial charge in [-0.05, 0) is 60.1 Å². The molecule has 1 N–H and O–H groups in total. The summed E-state index contributed by atoms with van der Waals surface area (Å²) in [5.74, 6) is -0.341. The molecule has 0 spiro atoms. The van der Waals surface area contributed by atoms with Crippen LogP contribution < -0.4 is 5.32 Å². The van der Waals surface area contributed by atoms with E-state index in [1.165, 1.54) is 12.1 Å². The van der Waals surface area contributed by atoms with Gasteiger partial charge in [-0.1, -0.05) is 0 Å². The smallest absolute Gasteiger partial charge is 0.224 e. The van der Waals surface area contributed by atoms with E-state index in [9.17, 15) is 9.18 Å². The molecule has 1 amide bonds. The van der Waals surface area contributed by atoms with Gasteiger partial charge < -0.3 is 10.1 Å². The molecule has 1 unspecified atom stereocenters. The minimum Gasteiger partial charge on any atom is -0.378 e. The van der Waals surface area contributed by atoms with Gasteiger partial charge in [0.1, 0.15) is 5.82 Å². The lowest BCUT2D eigenvalue weighted by Crippen LogP contribution is -2.15. The van der Waals surface area contributed by atoms with Crippen molar-refractivity contribution < 1.29 is 13.9 Å². The molecule has 1 atom stereocenters. The largest absolute Gasteiger partial charge is 0.378 e. The van der Waals surface area contributed by atoms with Crippen LogP contribution in [0.2, 0.25) is 0 Å². The number of anilines is 1. The minimum absolute atomic E-state index is 0.0463. The van der Waals surface area contributed by atoms with E-state index in [4.69, 9.17) is 4.74 Å². The van der Waals surface area contributed by atoms with E-state index >= 15 is 0 Å². The molecule has 1 heterocycles. The normalized spacial score (nSPS) is 18.9. The molecule has 0 aromatic heterocycles. The number of hydrogen-bond donors (Lipinski definition) is 1. The van der Waals surface area contributed by atoms with Gasteiger partial charge in [-0.25, -0.2) is 4.39 Å². The Hall–Kier alpha value is -0.690. The van der Waals surface area contributed by atoms with E-state index in [0.717, 1.165) is 25.9 Å². The van der Waals surface area contributed by atoms with Crippen LogP contribution in [0.5, 0.6) is 0 Å². The number of hydrogen-bond acceptors (Lipinski definition) is 2. The van der Waals surface area contributed by atoms with Gasteiger partial charge >= 0.3 is 0 Å². The van der Waals surface area contributed by atoms with E-state index in [-0.39, 0.29) is 17.8 Å². The third kappa shape index (κ3) is 3.91. The zero-order valence-corrected chi connectivity index (χ0v) is 12.1. The molecule has 0 aliphatic carbocycles. The first kappa shape index (κ1) is 13.7. The molecule has 1 aromatic carbocycles. The molecule has 1 saturated heterocycles. The highest BCUT2D eigenvalue weighted by atomic mass is 127. The third-order valence-electron chi connectivity index (χ3n) is 2.92. The Balaban J connectivity index is 1.82. The van der Waals surface area contributed by atoms with Crippen molar-refractivity contribution in [3.8, 4) is 0 Å². The Morgan fingerprint density at radius 3 is 3.06 bits per heavy atom. The van der Waals surface area contributed by atoms with Gasteiger partial charge in [0.25, 0.3) is 0 Å². The van der Waals surface area contributed by atoms with Crippen LogP contribution in [0.3, 0.4) is 0 Å². The van der Waals surface area contributed by atoms with Crippen LogP contribution in [0.4, 0.5) is 10.1 Å². The lowest BCUT2D eigenvalue weighted by Gasteiger charge is -2.10. The quantitative estimate of drug-likeness (QED) is 0.834. The maximum absolute atomic E-state index is 12.9. The van der Waals surface area contributed by atoms with Crippen molar-refractivity contribution in [2.45, 2.75) is 31.8 Å². The fraction of sp³-hybridized carbons (Fsp3) is 0.462. The number of carbonyl (C=O) groups is 1. The van der Waals surface area contributed by atoms with Gasteiger partial charge in [-0.2, -0.15) is 0 Å². The predicted octanol–water partition coefficient (Wildman–Crippen LogP) is 3.33. The van der Waals surface area contributed by atoms with Gasteiger partial charge in [0.15, 0.2) is 0 Å². The maximum atomic E-state index is 12.9. The second kappa shape index (κ2) is 6.47. The first-order valence-corrected chi connectivity index (χ1v) is 7.09.